The summed E-state index contributed by atoms with van der Waals surface area (Å²) >= 11 is 0. The van der Waals surface area contributed by atoms with Gasteiger partial charge in [-0.15, -0.1) is 0 Å². The first-order chi connectivity index (χ1) is 26.3. The van der Waals surface area contributed by atoms with Gasteiger partial charge in [0.05, 0.1) is 38.6 Å². The van der Waals surface area contributed by atoms with Crippen LogP contribution in [0.5, 0.6) is 0 Å². The van der Waals surface area contributed by atoms with Crippen LogP contribution in [0.15, 0.2) is 182 Å². The van der Waals surface area contributed by atoms with E-state index in [2.05, 4.69) is 196 Å². The minimum Gasteiger partial charge on any atom is -0.309 e. The van der Waals surface area contributed by atoms with Crippen molar-refractivity contribution >= 4 is 82.0 Å². The lowest BCUT2D eigenvalue weighted by Crippen LogP contribution is -2.00. The van der Waals surface area contributed by atoms with Crippen molar-refractivity contribution in [1.82, 2.24) is 18.5 Å². The minimum atomic E-state index is 0.977. The highest BCUT2D eigenvalue weighted by Gasteiger charge is 2.19. The highest BCUT2D eigenvalue weighted by Crippen LogP contribution is 2.39. The van der Waals surface area contributed by atoms with Crippen LogP contribution in [-0.4, -0.2) is 18.5 Å². The van der Waals surface area contributed by atoms with E-state index in [0.717, 1.165) is 44.6 Å². The van der Waals surface area contributed by atoms with Gasteiger partial charge in [-0.1, -0.05) is 121 Å². The maximum absolute atomic E-state index is 5.34. The lowest BCUT2D eigenvalue weighted by atomic mass is 10.0. The zero-order chi connectivity index (χ0) is 34.6. The lowest BCUT2D eigenvalue weighted by Gasteiger charge is -2.16. The zero-order valence-corrected chi connectivity index (χ0v) is 28.6. The number of rotatable bonds is 3. The number of imidazole rings is 1. The molecule has 0 aliphatic heterocycles. The molecule has 4 nitrogen and oxygen atoms in total. The van der Waals surface area contributed by atoms with Crippen LogP contribution in [0.4, 0.5) is 0 Å². The summed E-state index contributed by atoms with van der Waals surface area (Å²) in [7, 11) is 0. The number of hydrogen-bond donors (Lipinski definition) is 0. The molecule has 53 heavy (non-hydrogen) atoms. The van der Waals surface area contributed by atoms with Gasteiger partial charge in [0, 0.05) is 43.7 Å². The van der Waals surface area contributed by atoms with Crippen molar-refractivity contribution < 1.29 is 0 Å². The number of fused-ring (bicyclic) bond motifs is 14. The molecule has 0 saturated carbocycles. The van der Waals surface area contributed by atoms with Gasteiger partial charge in [-0.05, 0) is 77.2 Å². The highest BCUT2D eigenvalue weighted by atomic mass is 15.0. The molecule has 0 N–H and O–H groups in total. The Balaban J connectivity index is 1.17. The molecular formula is C49H30N4. The van der Waals surface area contributed by atoms with E-state index in [0.29, 0.717) is 0 Å². The van der Waals surface area contributed by atoms with Gasteiger partial charge < -0.3 is 9.13 Å². The van der Waals surface area contributed by atoms with Crippen LogP contribution >= 0.6 is 0 Å². The Morgan fingerprint density at radius 3 is 1.23 bits per heavy atom. The Morgan fingerprint density at radius 1 is 0.302 bits per heavy atom. The van der Waals surface area contributed by atoms with Crippen molar-refractivity contribution in [3.8, 4) is 22.5 Å². The summed E-state index contributed by atoms with van der Waals surface area (Å²) in [5.74, 6) is 0. The molecule has 0 bridgehead atoms. The fourth-order valence-corrected chi connectivity index (χ4v) is 8.92. The third-order valence-corrected chi connectivity index (χ3v) is 11.2. The van der Waals surface area contributed by atoms with Crippen molar-refractivity contribution in [3.05, 3.63) is 182 Å². The molecule has 4 heterocycles. The third-order valence-electron chi connectivity index (χ3n) is 11.2. The second-order valence-electron chi connectivity index (χ2n) is 14.0. The highest BCUT2D eigenvalue weighted by molar-refractivity contribution is 6.14. The molecule has 0 aliphatic rings. The second kappa shape index (κ2) is 10.7. The zero-order valence-electron chi connectivity index (χ0n) is 28.6. The molecule has 0 radical (unpaired) electrons. The number of benzene rings is 8. The normalized spacial score (nSPS) is 12.2. The van der Waals surface area contributed by atoms with E-state index in [-0.39, 0.29) is 0 Å². The molecule has 0 atom stereocenters. The van der Waals surface area contributed by atoms with Crippen LogP contribution < -0.4 is 0 Å². The van der Waals surface area contributed by atoms with Crippen molar-refractivity contribution in [3.63, 3.8) is 0 Å². The van der Waals surface area contributed by atoms with Gasteiger partial charge in [-0.2, -0.15) is 0 Å². The summed E-state index contributed by atoms with van der Waals surface area (Å²) in [6, 6.07) is 66.1. The van der Waals surface area contributed by atoms with E-state index in [4.69, 9.17) is 4.98 Å². The van der Waals surface area contributed by atoms with Crippen LogP contribution in [-0.2, 0) is 0 Å². The molecule has 8 aromatic carbocycles. The predicted octanol–water partition coefficient (Wildman–Crippen LogP) is 12.7. The molecule has 0 unspecified atom stereocenters. The van der Waals surface area contributed by atoms with Gasteiger partial charge in [-0.25, -0.2) is 4.98 Å². The van der Waals surface area contributed by atoms with Gasteiger partial charge in [0.25, 0.3) is 0 Å². The Morgan fingerprint density at radius 2 is 0.717 bits per heavy atom. The molecule has 0 fully saturated rings. The molecule has 12 rings (SSSR count). The predicted molar refractivity (Wildman–Crippen MR) is 222 cm³/mol. The number of nitrogens with zero attached hydrogens (tertiary/aromatic N) is 4. The smallest absolute Gasteiger partial charge is 0.146 e. The van der Waals surface area contributed by atoms with Crippen molar-refractivity contribution in [2.75, 3.05) is 0 Å². The van der Waals surface area contributed by atoms with Crippen LogP contribution in [0.25, 0.3) is 104 Å². The maximum atomic E-state index is 5.34. The van der Waals surface area contributed by atoms with Crippen molar-refractivity contribution in [2.45, 2.75) is 0 Å². The third kappa shape index (κ3) is 3.98. The summed E-state index contributed by atoms with van der Waals surface area (Å²) < 4.78 is 7.18. The average Bonchev–Trinajstić information content (AvgIpc) is 3.89. The molecule has 4 heteroatoms. The number of hydrogen-bond acceptors (Lipinski definition) is 1. The second-order valence-corrected chi connectivity index (χ2v) is 14.0. The number of para-hydroxylation sites is 5. The van der Waals surface area contributed by atoms with Gasteiger partial charge in [0.15, 0.2) is 0 Å². The van der Waals surface area contributed by atoms with Crippen LogP contribution in [0.3, 0.4) is 0 Å². The topological polar surface area (TPSA) is 27.2 Å². The SMILES string of the molecule is c1ccc2c(c1)c1ccccc1n1c3ccc(-c4cc(-n5c6ccccc6c6ccccc65)cc(-n5c6ccccc6c6ccccc65)c4)cc3nc21. The number of pyridine rings is 1. The fourth-order valence-electron chi connectivity index (χ4n) is 8.92. The summed E-state index contributed by atoms with van der Waals surface area (Å²) in [6.45, 7) is 0. The summed E-state index contributed by atoms with van der Waals surface area (Å²) in [4.78, 5) is 5.34. The Hall–Kier alpha value is -7.17. The Labute approximate surface area is 304 Å². The summed E-state index contributed by atoms with van der Waals surface area (Å²) in [5, 5.41) is 8.60. The molecule has 0 amide bonds. The quantitative estimate of drug-likeness (QED) is 0.171. The largest absolute Gasteiger partial charge is 0.309 e. The first-order valence-corrected chi connectivity index (χ1v) is 18.1. The Bertz CT molecular complexity index is 3230. The maximum Gasteiger partial charge on any atom is 0.146 e. The Kier molecular flexibility index (Phi) is 5.74. The first kappa shape index (κ1) is 28.5. The minimum absolute atomic E-state index is 0.977. The first-order valence-electron chi connectivity index (χ1n) is 18.1. The van der Waals surface area contributed by atoms with Gasteiger partial charge in [0.1, 0.15) is 5.65 Å². The molecule has 0 saturated heterocycles. The molecular weight excluding hydrogens is 645 g/mol. The lowest BCUT2D eigenvalue weighted by molar-refractivity contribution is 1.13. The van der Waals surface area contributed by atoms with Gasteiger partial charge >= 0.3 is 0 Å². The van der Waals surface area contributed by atoms with Gasteiger partial charge in [0.2, 0.25) is 0 Å². The van der Waals surface area contributed by atoms with Crippen molar-refractivity contribution in [2.24, 2.45) is 0 Å². The number of aromatic nitrogens is 4. The van der Waals surface area contributed by atoms with Crippen molar-refractivity contribution in [1.29, 1.82) is 0 Å². The standard InChI is InChI=1S/C49H30N4/c1-2-19-41-35(13-1)36-14-3-12-24-47(36)53-48-26-25-31(29-42(48)50-49(41)53)32-27-33(51-43-20-8-4-15-37(43)38-16-5-9-21-44(38)51)30-34(28-32)52-45-22-10-6-17-39(45)40-18-7-11-23-46(40)52/h1-30H. The van der Waals surface area contributed by atoms with E-state index in [1.807, 2.05) is 0 Å². The summed E-state index contributed by atoms with van der Waals surface area (Å²) in [6.07, 6.45) is 0. The van der Waals surface area contributed by atoms with Crippen LogP contribution in [0, 0.1) is 0 Å². The van der Waals surface area contributed by atoms with Crippen LogP contribution in [0.2, 0.25) is 0 Å². The molecule has 0 aliphatic carbocycles. The summed E-state index contributed by atoms with van der Waals surface area (Å²) in [5.41, 5.74) is 13.5. The monoisotopic (exact) mass is 674 g/mol. The van der Waals surface area contributed by atoms with E-state index < -0.39 is 0 Å². The molecule has 246 valence electrons. The average molecular weight is 675 g/mol. The van der Waals surface area contributed by atoms with E-state index in [1.54, 1.807) is 0 Å². The van der Waals surface area contributed by atoms with E-state index in [9.17, 15) is 0 Å². The van der Waals surface area contributed by atoms with Crippen LogP contribution in [0.1, 0.15) is 0 Å². The fraction of sp³-hybridized carbons (Fsp3) is 0. The van der Waals surface area contributed by atoms with E-state index in [1.165, 1.54) is 59.9 Å². The molecule has 0 spiro atoms. The molecule has 4 aromatic heterocycles. The van der Waals surface area contributed by atoms with E-state index >= 15 is 0 Å². The van der Waals surface area contributed by atoms with Gasteiger partial charge in [-0.3, -0.25) is 4.40 Å². The molecule has 12 aromatic rings.